The van der Waals surface area contributed by atoms with Gasteiger partial charge in [-0.25, -0.2) is 9.80 Å². The second-order valence-corrected chi connectivity index (χ2v) is 9.39. The molecule has 1 N–H and O–H groups in total. The molecule has 4 rings (SSSR count). The molecule has 0 saturated carbocycles. The van der Waals surface area contributed by atoms with E-state index >= 15 is 0 Å². The van der Waals surface area contributed by atoms with Crippen LogP contribution in [0.15, 0.2) is 47.6 Å². The van der Waals surface area contributed by atoms with E-state index in [1.54, 1.807) is 26.4 Å². The first kappa shape index (κ1) is 24.9. The summed E-state index contributed by atoms with van der Waals surface area (Å²) in [6, 6.07) is 12.9. The van der Waals surface area contributed by atoms with Crippen LogP contribution in [0.3, 0.4) is 0 Å². The van der Waals surface area contributed by atoms with Crippen molar-refractivity contribution in [2.45, 2.75) is 25.5 Å². The predicted octanol–water partition coefficient (Wildman–Crippen LogP) is 4.42. The van der Waals surface area contributed by atoms with Crippen molar-refractivity contribution in [3.63, 3.8) is 0 Å². The third-order valence-corrected chi connectivity index (χ3v) is 6.85. The molecule has 35 heavy (non-hydrogen) atoms. The number of carbonyl (C=O) groups excluding carboxylic acids is 2. The summed E-state index contributed by atoms with van der Waals surface area (Å²) in [5.41, 5.74) is 3.19. The van der Waals surface area contributed by atoms with Crippen molar-refractivity contribution in [3.05, 3.63) is 53.6 Å². The maximum Gasteiger partial charge on any atom is 0.411 e. The fraction of sp³-hybridized carbons (Fsp3) is 0.400. The molecular formula is C25H30N4O5S. The monoisotopic (exact) mass is 498 g/mol. The van der Waals surface area contributed by atoms with Crippen LogP contribution in [0.25, 0.3) is 0 Å². The van der Waals surface area contributed by atoms with Crippen molar-refractivity contribution in [1.29, 1.82) is 0 Å². The zero-order valence-electron chi connectivity index (χ0n) is 20.2. The molecule has 2 amide bonds. The lowest BCUT2D eigenvalue weighted by Crippen LogP contribution is -2.36. The van der Waals surface area contributed by atoms with Crippen molar-refractivity contribution in [2.24, 2.45) is 5.10 Å². The highest BCUT2D eigenvalue weighted by molar-refractivity contribution is 8.14. The molecule has 0 radical (unpaired) electrons. The van der Waals surface area contributed by atoms with Crippen LogP contribution in [0.4, 0.5) is 15.3 Å². The van der Waals surface area contributed by atoms with Gasteiger partial charge in [-0.2, -0.15) is 5.10 Å². The number of nitrogens with zero attached hydrogens (tertiary/aromatic N) is 3. The Labute approximate surface area is 209 Å². The van der Waals surface area contributed by atoms with E-state index in [1.165, 1.54) is 16.8 Å². The van der Waals surface area contributed by atoms with Crippen molar-refractivity contribution in [2.75, 3.05) is 45.4 Å². The maximum atomic E-state index is 12.5. The number of hydrazone groups is 1. The van der Waals surface area contributed by atoms with Gasteiger partial charge in [-0.1, -0.05) is 23.9 Å². The molecular weight excluding hydrogens is 468 g/mol. The summed E-state index contributed by atoms with van der Waals surface area (Å²) in [5, 5.41) is 8.71. The number of amides is 2. The Kier molecular flexibility index (Phi) is 8.14. The lowest BCUT2D eigenvalue weighted by atomic mass is 10.1. The van der Waals surface area contributed by atoms with Crippen molar-refractivity contribution >= 4 is 34.5 Å². The van der Waals surface area contributed by atoms with Crippen molar-refractivity contribution < 1.29 is 23.8 Å². The first-order chi connectivity index (χ1) is 16.9. The Bertz CT molecular complexity index is 1080. The van der Waals surface area contributed by atoms with Gasteiger partial charge in [0.05, 0.1) is 26.5 Å². The Morgan fingerprint density at radius 2 is 1.80 bits per heavy atom. The summed E-state index contributed by atoms with van der Waals surface area (Å²) in [6.45, 7) is 2.18. The largest absolute Gasteiger partial charge is 0.493 e. The number of ether oxygens (including phenoxy) is 3. The van der Waals surface area contributed by atoms with Crippen LogP contribution in [-0.2, 0) is 11.3 Å². The standard InChI is InChI=1S/C25H30N4O5S/c1-28-12-10-20(11-13-28)34-24(30)26-19-7-4-17(5-8-19)15-29-25(31)35-16-21(27-29)18-6-9-22(32-2)23(14-18)33-3/h4-9,14,20H,10-13,15-16H2,1-3H3,(H,26,30). The van der Waals surface area contributed by atoms with E-state index < -0.39 is 6.09 Å². The number of piperidine rings is 1. The second-order valence-electron chi connectivity index (χ2n) is 8.46. The van der Waals surface area contributed by atoms with Gasteiger partial charge in [-0.15, -0.1) is 0 Å². The van der Waals surface area contributed by atoms with Crippen LogP contribution in [-0.4, -0.2) is 73.2 Å². The van der Waals surface area contributed by atoms with Crippen LogP contribution in [0, 0.1) is 0 Å². The highest BCUT2D eigenvalue weighted by Crippen LogP contribution is 2.30. The van der Waals surface area contributed by atoms with Crippen LogP contribution in [0.5, 0.6) is 11.5 Å². The molecule has 0 aliphatic carbocycles. The quantitative estimate of drug-likeness (QED) is 0.604. The number of carbonyl (C=O) groups is 2. The van der Waals surface area contributed by atoms with Crippen molar-refractivity contribution in [1.82, 2.24) is 9.91 Å². The van der Waals surface area contributed by atoms with E-state index in [0.29, 0.717) is 29.5 Å². The molecule has 2 aliphatic heterocycles. The Balaban J connectivity index is 1.37. The lowest BCUT2D eigenvalue weighted by molar-refractivity contribution is 0.0662. The average Bonchev–Trinajstić information content (AvgIpc) is 2.87. The number of benzene rings is 2. The highest BCUT2D eigenvalue weighted by Gasteiger charge is 2.23. The normalized spacial score (nSPS) is 17.1. The molecule has 186 valence electrons. The first-order valence-electron chi connectivity index (χ1n) is 11.4. The third-order valence-electron chi connectivity index (χ3n) is 5.97. The minimum Gasteiger partial charge on any atom is -0.493 e. The van der Waals surface area contributed by atoms with E-state index in [1.807, 2.05) is 30.3 Å². The minimum atomic E-state index is -0.445. The maximum absolute atomic E-state index is 12.5. The number of hydrogen-bond acceptors (Lipinski definition) is 8. The molecule has 2 aromatic rings. The van der Waals surface area contributed by atoms with Gasteiger partial charge in [0.15, 0.2) is 11.5 Å². The molecule has 0 aromatic heterocycles. The number of anilines is 1. The molecule has 0 unspecified atom stereocenters. The van der Waals surface area contributed by atoms with Gasteiger partial charge in [0.2, 0.25) is 0 Å². The first-order valence-corrected chi connectivity index (χ1v) is 12.4. The predicted molar refractivity (Wildman–Crippen MR) is 137 cm³/mol. The summed E-state index contributed by atoms with van der Waals surface area (Å²) in [6.07, 6.45) is 1.19. The topological polar surface area (TPSA) is 92.7 Å². The van der Waals surface area contributed by atoms with Crippen LogP contribution >= 0.6 is 11.8 Å². The molecule has 10 heteroatoms. The molecule has 0 atom stereocenters. The lowest BCUT2D eigenvalue weighted by Gasteiger charge is -2.28. The van der Waals surface area contributed by atoms with Gasteiger partial charge in [-0.3, -0.25) is 10.1 Å². The van der Waals surface area contributed by atoms with E-state index in [-0.39, 0.29) is 11.3 Å². The van der Waals surface area contributed by atoms with Crippen LogP contribution < -0.4 is 14.8 Å². The van der Waals surface area contributed by atoms with E-state index in [9.17, 15) is 9.59 Å². The van der Waals surface area contributed by atoms with Gasteiger partial charge in [0, 0.05) is 30.1 Å². The Hall–Kier alpha value is -3.24. The molecule has 2 heterocycles. The highest BCUT2D eigenvalue weighted by atomic mass is 32.2. The SMILES string of the molecule is COc1ccc(C2=NN(Cc3ccc(NC(=O)OC4CCN(C)CC4)cc3)C(=O)SC2)cc1OC. The van der Waals surface area contributed by atoms with E-state index in [4.69, 9.17) is 14.2 Å². The van der Waals surface area contributed by atoms with Gasteiger partial charge in [0.1, 0.15) is 6.10 Å². The van der Waals surface area contributed by atoms with Crippen LogP contribution in [0.2, 0.25) is 0 Å². The molecule has 2 aliphatic rings. The third kappa shape index (κ3) is 6.46. The summed E-state index contributed by atoms with van der Waals surface area (Å²) in [5.74, 6) is 1.73. The Morgan fingerprint density at radius 1 is 1.09 bits per heavy atom. The molecule has 9 nitrogen and oxygen atoms in total. The molecule has 1 fully saturated rings. The van der Waals surface area contributed by atoms with Crippen LogP contribution in [0.1, 0.15) is 24.0 Å². The Morgan fingerprint density at radius 3 is 2.49 bits per heavy atom. The summed E-state index contributed by atoms with van der Waals surface area (Å²) in [7, 11) is 5.24. The van der Waals surface area contributed by atoms with Gasteiger partial charge < -0.3 is 19.1 Å². The number of likely N-dealkylation sites (tertiary alicyclic amines) is 1. The fourth-order valence-electron chi connectivity index (χ4n) is 3.94. The minimum absolute atomic E-state index is 0.0502. The smallest absolute Gasteiger partial charge is 0.411 e. The molecule has 0 bridgehead atoms. The van der Waals surface area contributed by atoms with Gasteiger partial charge in [-0.05, 0) is 55.8 Å². The number of methoxy groups -OCH3 is 2. The number of thioether (sulfide) groups is 1. The number of nitrogens with one attached hydrogen (secondary N) is 1. The van der Waals surface area contributed by atoms with Crippen molar-refractivity contribution in [3.8, 4) is 11.5 Å². The molecule has 1 saturated heterocycles. The number of hydrogen-bond donors (Lipinski definition) is 1. The zero-order chi connectivity index (χ0) is 24.8. The number of rotatable bonds is 7. The second kappa shape index (κ2) is 11.5. The molecule has 2 aromatic carbocycles. The summed E-state index contributed by atoms with van der Waals surface area (Å²) < 4.78 is 16.2. The van der Waals surface area contributed by atoms with Gasteiger partial charge in [0.25, 0.3) is 0 Å². The molecule has 0 spiro atoms. The summed E-state index contributed by atoms with van der Waals surface area (Å²) in [4.78, 5) is 26.9. The van der Waals surface area contributed by atoms with Gasteiger partial charge >= 0.3 is 11.3 Å². The summed E-state index contributed by atoms with van der Waals surface area (Å²) >= 11 is 1.21. The fourth-order valence-corrected chi connectivity index (χ4v) is 4.68. The zero-order valence-corrected chi connectivity index (χ0v) is 21.0. The average molecular weight is 499 g/mol. The van der Waals surface area contributed by atoms with E-state index in [0.717, 1.165) is 42.8 Å². The van der Waals surface area contributed by atoms with E-state index in [2.05, 4.69) is 22.4 Å².